The van der Waals surface area contributed by atoms with Gasteiger partial charge in [0, 0.05) is 24.4 Å². The average Bonchev–Trinajstić information content (AvgIpc) is 3.37. The van der Waals surface area contributed by atoms with Gasteiger partial charge in [0.05, 0.1) is 24.5 Å². The summed E-state index contributed by atoms with van der Waals surface area (Å²) in [6.45, 7) is 9.10. The summed E-state index contributed by atoms with van der Waals surface area (Å²) in [5.74, 6) is 1.17. The van der Waals surface area contributed by atoms with E-state index in [2.05, 4.69) is 43.2 Å². The second-order valence-corrected chi connectivity index (χ2v) is 7.10. The zero-order valence-corrected chi connectivity index (χ0v) is 15.9. The summed E-state index contributed by atoms with van der Waals surface area (Å²) in [6, 6.07) is 10.4. The Kier molecular flexibility index (Phi) is 4.44. The molecule has 0 saturated heterocycles. The van der Waals surface area contributed by atoms with E-state index in [4.69, 9.17) is 5.10 Å². The lowest BCUT2D eigenvalue weighted by atomic mass is 10.1. The van der Waals surface area contributed by atoms with Crippen LogP contribution in [0.25, 0.3) is 11.5 Å². The Hall–Kier alpha value is -3.08. The number of hydrogen-bond donors (Lipinski definition) is 0. The molecule has 0 saturated carbocycles. The predicted molar refractivity (Wildman–Crippen MR) is 106 cm³/mol. The molecule has 1 aliphatic heterocycles. The molecule has 0 fully saturated rings. The van der Waals surface area contributed by atoms with Crippen molar-refractivity contribution in [1.82, 2.24) is 19.2 Å². The minimum absolute atomic E-state index is 0.157. The Labute approximate surface area is 159 Å². The Balaban J connectivity index is 1.75. The van der Waals surface area contributed by atoms with Crippen LogP contribution < -0.4 is 0 Å². The zero-order valence-electron chi connectivity index (χ0n) is 15.9. The third-order valence-corrected chi connectivity index (χ3v) is 5.23. The van der Waals surface area contributed by atoms with Crippen molar-refractivity contribution in [3.8, 4) is 11.5 Å². The molecule has 0 bridgehead atoms. The number of amides is 1. The molecule has 2 aromatic heterocycles. The number of hydrogen-bond acceptors (Lipinski definition) is 2. The minimum Gasteiger partial charge on any atom is -0.332 e. The van der Waals surface area contributed by atoms with Gasteiger partial charge in [-0.3, -0.25) is 4.79 Å². The van der Waals surface area contributed by atoms with E-state index in [1.54, 1.807) is 6.08 Å². The standard InChI is InChI=1S/C22H24N4O/c1-4-5-8-21(27)25-14-19-20(15-25)23-26(22(19)24-11-6-7-12-24)18-10-9-16(2)17(3)13-18/h4,6-7,9-13H,1,5,8,14-15H2,2-3H3. The molecule has 0 N–H and O–H groups in total. The van der Waals surface area contributed by atoms with Crippen LogP contribution in [0.4, 0.5) is 0 Å². The van der Waals surface area contributed by atoms with E-state index in [-0.39, 0.29) is 5.91 Å². The molecule has 0 radical (unpaired) electrons. The minimum atomic E-state index is 0.157. The SMILES string of the molecule is C=CCCC(=O)N1Cc2nn(-c3ccc(C)c(C)c3)c(-n3cccc3)c2C1. The number of nitrogens with zero attached hydrogens (tertiary/aromatic N) is 4. The summed E-state index contributed by atoms with van der Waals surface area (Å²) in [7, 11) is 0. The molecule has 138 valence electrons. The highest BCUT2D eigenvalue weighted by Gasteiger charge is 2.31. The summed E-state index contributed by atoms with van der Waals surface area (Å²) >= 11 is 0. The molecule has 0 atom stereocenters. The van der Waals surface area contributed by atoms with Crippen LogP contribution >= 0.6 is 0 Å². The summed E-state index contributed by atoms with van der Waals surface area (Å²) in [5.41, 5.74) is 5.64. The molecule has 5 heteroatoms. The van der Waals surface area contributed by atoms with Crippen molar-refractivity contribution in [3.05, 3.63) is 77.8 Å². The van der Waals surface area contributed by atoms with Crippen LogP contribution in [0.5, 0.6) is 0 Å². The van der Waals surface area contributed by atoms with E-state index >= 15 is 0 Å². The Bertz CT molecular complexity index is 998. The average molecular weight is 360 g/mol. The zero-order chi connectivity index (χ0) is 19.0. The highest BCUT2D eigenvalue weighted by atomic mass is 16.2. The summed E-state index contributed by atoms with van der Waals surface area (Å²) in [4.78, 5) is 14.3. The van der Waals surface area contributed by atoms with E-state index in [1.807, 2.05) is 34.1 Å². The first-order chi connectivity index (χ1) is 13.1. The van der Waals surface area contributed by atoms with Gasteiger partial charge in [-0.2, -0.15) is 5.10 Å². The van der Waals surface area contributed by atoms with E-state index < -0.39 is 0 Å². The lowest BCUT2D eigenvalue weighted by Crippen LogP contribution is -2.26. The molecule has 3 heterocycles. The van der Waals surface area contributed by atoms with Crippen LogP contribution in [-0.4, -0.2) is 25.2 Å². The second-order valence-electron chi connectivity index (χ2n) is 7.10. The van der Waals surface area contributed by atoms with Crippen molar-refractivity contribution >= 4 is 5.91 Å². The van der Waals surface area contributed by atoms with Gasteiger partial charge in [-0.1, -0.05) is 12.1 Å². The first-order valence-electron chi connectivity index (χ1n) is 9.29. The van der Waals surface area contributed by atoms with Gasteiger partial charge in [-0.25, -0.2) is 4.68 Å². The maximum absolute atomic E-state index is 12.4. The molecule has 0 aliphatic carbocycles. The number of carbonyl (C=O) groups excluding carboxylic acids is 1. The molecule has 1 amide bonds. The molecule has 0 unspecified atom stereocenters. The molecular formula is C22H24N4O. The molecule has 3 aromatic rings. The predicted octanol–water partition coefficient (Wildman–Crippen LogP) is 4.09. The quantitative estimate of drug-likeness (QED) is 0.643. The molecule has 27 heavy (non-hydrogen) atoms. The van der Waals surface area contributed by atoms with Gasteiger partial charge in [-0.15, -0.1) is 6.58 Å². The van der Waals surface area contributed by atoms with Gasteiger partial charge < -0.3 is 9.47 Å². The van der Waals surface area contributed by atoms with E-state index in [0.717, 1.165) is 22.8 Å². The van der Waals surface area contributed by atoms with Gasteiger partial charge >= 0.3 is 0 Å². The van der Waals surface area contributed by atoms with Gasteiger partial charge in [0.25, 0.3) is 0 Å². The first kappa shape index (κ1) is 17.3. The number of fused-ring (bicyclic) bond motifs is 1. The fourth-order valence-corrected chi connectivity index (χ4v) is 3.54. The molecule has 0 spiro atoms. The van der Waals surface area contributed by atoms with Crippen LogP contribution in [-0.2, 0) is 17.9 Å². The highest BCUT2D eigenvalue weighted by Crippen LogP contribution is 2.31. The van der Waals surface area contributed by atoms with Gasteiger partial charge in [-0.05, 0) is 55.7 Å². The van der Waals surface area contributed by atoms with Crippen molar-refractivity contribution in [2.75, 3.05) is 0 Å². The van der Waals surface area contributed by atoms with E-state index in [9.17, 15) is 4.79 Å². The maximum atomic E-state index is 12.4. The highest BCUT2D eigenvalue weighted by molar-refractivity contribution is 5.77. The number of rotatable bonds is 5. The third kappa shape index (κ3) is 3.10. The number of aromatic nitrogens is 3. The fourth-order valence-electron chi connectivity index (χ4n) is 3.54. The van der Waals surface area contributed by atoms with Crippen LogP contribution in [0, 0.1) is 13.8 Å². The Morgan fingerprint density at radius 1 is 1.19 bits per heavy atom. The number of benzene rings is 1. The van der Waals surface area contributed by atoms with Gasteiger partial charge in [0.15, 0.2) is 0 Å². The van der Waals surface area contributed by atoms with Crippen molar-refractivity contribution in [2.24, 2.45) is 0 Å². The van der Waals surface area contributed by atoms with Crippen LogP contribution in [0.1, 0.15) is 35.2 Å². The molecule has 1 aromatic carbocycles. The fraction of sp³-hybridized carbons (Fsp3) is 0.273. The lowest BCUT2D eigenvalue weighted by molar-refractivity contribution is -0.131. The summed E-state index contributed by atoms with van der Waals surface area (Å²) in [6.07, 6.45) is 7.05. The van der Waals surface area contributed by atoms with E-state index in [0.29, 0.717) is 25.9 Å². The van der Waals surface area contributed by atoms with Crippen molar-refractivity contribution < 1.29 is 4.79 Å². The topological polar surface area (TPSA) is 43.1 Å². The van der Waals surface area contributed by atoms with Gasteiger partial charge in [0.1, 0.15) is 5.82 Å². The van der Waals surface area contributed by atoms with Crippen LogP contribution in [0.2, 0.25) is 0 Å². The largest absolute Gasteiger partial charge is 0.332 e. The first-order valence-corrected chi connectivity index (χ1v) is 9.29. The third-order valence-electron chi connectivity index (χ3n) is 5.23. The smallest absolute Gasteiger partial charge is 0.223 e. The van der Waals surface area contributed by atoms with E-state index in [1.165, 1.54) is 11.1 Å². The number of aryl methyl sites for hydroxylation is 2. The molecule has 1 aliphatic rings. The van der Waals surface area contributed by atoms with Gasteiger partial charge in [0.2, 0.25) is 5.91 Å². The Morgan fingerprint density at radius 2 is 1.96 bits per heavy atom. The monoisotopic (exact) mass is 360 g/mol. The number of carbonyl (C=O) groups is 1. The van der Waals surface area contributed by atoms with Crippen LogP contribution in [0.3, 0.4) is 0 Å². The van der Waals surface area contributed by atoms with Crippen molar-refractivity contribution in [1.29, 1.82) is 0 Å². The lowest BCUT2D eigenvalue weighted by Gasteiger charge is -2.17. The molecular weight excluding hydrogens is 336 g/mol. The molecule has 5 nitrogen and oxygen atoms in total. The van der Waals surface area contributed by atoms with Crippen molar-refractivity contribution in [2.45, 2.75) is 39.8 Å². The summed E-state index contributed by atoms with van der Waals surface area (Å²) < 4.78 is 4.08. The summed E-state index contributed by atoms with van der Waals surface area (Å²) in [5, 5.41) is 4.88. The van der Waals surface area contributed by atoms with Crippen LogP contribution in [0.15, 0.2) is 55.4 Å². The second kappa shape index (κ2) is 6.91. The maximum Gasteiger partial charge on any atom is 0.223 e. The normalized spacial score (nSPS) is 13.0. The Morgan fingerprint density at radius 3 is 2.67 bits per heavy atom. The number of allylic oxidation sites excluding steroid dienone is 1. The molecule has 4 rings (SSSR count). The van der Waals surface area contributed by atoms with Crippen molar-refractivity contribution in [3.63, 3.8) is 0 Å².